The van der Waals surface area contributed by atoms with Crippen molar-refractivity contribution in [3.8, 4) is 22.3 Å². The summed E-state index contributed by atoms with van der Waals surface area (Å²) < 4.78 is 13.9. The molecule has 0 fully saturated rings. The number of furan rings is 2. The quantitative estimate of drug-likeness (QED) is 0.152. The Hall–Kier alpha value is -8.86. The van der Waals surface area contributed by atoms with Crippen molar-refractivity contribution < 1.29 is 8.83 Å². The van der Waals surface area contributed by atoms with Gasteiger partial charge in [-0.15, -0.1) is 0 Å². The van der Waals surface area contributed by atoms with Gasteiger partial charge in [0.25, 0.3) is 0 Å². The Morgan fingerprint density at radius 1 is 0.333 bits per heavy atom. The van der Waals surface area contributed by atoms with E-state index in [0.29, 0.717) is 11.8 Å². The highest BCUT2D eigenvalue weighted by atomic mass is 16.4. The van der Waals surface area contributed by atoms with E-state index in [4.69, 9.17) is 8.83 Å². The first kappa shape index (κ1) is 46.4. The van der Waals surface area contributed by atoms with Crippen LogP contribution in [0.5, 0.6) is 0 Å². The zero-order chi connectivity index (χ0) is 52.9. The van der Waals surface area contributed by atoms with Gasteiger partial charge in [-0.3, -0.25) is 0 Å². The average molecular weight is 1010 g/mol. The summed E-state index contributed by atoms with van der Waals surface area (Å²) in [6.07, 6.45) is 0. The van der Waals surface area contributed by atoms with E-state index in [2.05, 4.69) is 271 Å². The van der Waals surface area contributed by atoms with Crippen LogP contribution in [0.2, 0.25) is 0 Å². The average Bonchev–Trinajstić information content (AvgIpc) is 4.35. The van der Waals surface area contributed by atoms with Crippen LogP contribution in [0.25, 0.3) is 87.7 Å². The highest BCUT2D eigenvalue weighted by molar-refractivity contribution is 6.21. The zero-order valence-electron chi connectivity index (χ0n) is 45.5. The molecule has 4 nitrogen and oxygen atoms in total. The second kappa shape index (κ2) is 16.8. The molecule has 78 heavy (non-hydrogen) atoms. The van der Waals surface area contributed by atoms with Crippen LogP contribution in [0, 0.1) is 0 Å². The highest BCUT2D eigenvalue weighted by Gasteiger charge is 2.39. The molecule has 0 spiro atoms. The Bertz CT molecular complexity index is 4330. The first-order chi connectivity index (χ1) is 37.8. The van der Waals surface area contributed by atoms with Crippen molar-refractivity contribution >= 4 is 99.5 Å². The molecule has 2 aliphatic rings. The predicted octanol–water partition coefficient (Wildman–Crippen LogP) is 21.6. The van der Waals surface area contributed by atoms with Gasteiger partial charge in [0, 0.05) is 66.3 Å². The van der Waals surface area contributed by atoms with Crippen LogP contribution in [0.3, 0.4) is 0 Å². The van der Waals surface area contributed by atoms with Gasteiger partial charge in [0.15, 0.2) is 11.2 Å². The molecule has 2 aromatic heterocycles. The van der Waals surface area contributed by atoms with Gasteiger partial charge in [0.2, 0.25) is 0 Å². The maximum Gasteiger partial charge on any atom is 0.178 e. The molecule has 15 rings (SSSR count). The number of fused-ring (bicyclic) bond motifs is 15. The van der Waals surface area contributed by atoms with Crippen molar-refractivity contribution in [1.82, 2.24) is 0 Å². The van der Waals surface area contributed by atoms with E-state index in [1.807, 2.05) is 0 Å². The van der Waals surface area contributed by atoms with Gasteiger partial charge in [-0.2, -0.15) is 0 Å². The number of hydrogen-bond donors (Lipinski definition) is 0. The minimum absolute atomic E-state index is 0.120. The molecule has 2 aliphatic carbocycles. The molecule has 0 aliphatic heterocycles. The molecule has 378 valence electrons. The summed E-state index contributed by atoms with van der Waals surface area (Å²) in [6, 6.07) is 77.0. The molecule has 4 heteroatoms. The van der Waals surface area contributed by atoms with E-state index < -0.39 is 0 Å². The maximum atomic E-state index is 6.96. The lowest BCUT2D eigenvalue weighted by Crippen LogP contribution is -2.16. The molecular formula is C74H60N2O2. The van der Waals surface area contributed by atoms with E-state index in [0.717, 1.165) is 88.2 Å². The minimum Gasteiger partial charge on any atom is -0.452 e. The van der Waals surface area contributed by atoms with Crippen molar-refractivity contribution in [1.29, 1.82) is 0 Å². The van der Waals surface area contributed by atoms with Crippen molar-refractivity contribution in [2.75, 3.05) is 9.80 Å². The van der Waals surface area contributed by atoms with Gasteiger partial charge >= 0.3 is 0 Å². The number of rotatable bonds is 8. The van der Waals surface area contributed by atoms with Crippen LogP contribution < -0.4 is 9.80 Å². The first-order valence-electron chi connectivity index (χ1n) is 27.8. The molecule has 0 saturated heterocycles. The summed E-state index contributed by atoms with van der Waals surface area (Å²) in [6.45, 7) is 18.4. The van der Waals surface area contributed by atoms with E-state index in [1.165, 1.54) is 67.0 Å². The normalized spacial score (nSPS) is 14.1. The van der Waals surface area contributed by atoms with Gasteiger partial charge in [-0.05, 0) is 175 Å². The third kappa shape index (κ3) is 6.78. The van der Waals surface area contributed by atoms with Crippen LogP contribution in [0.4, 0.5) is 34.1 Å². The summed E-state index contributed by atoms with van der Waals surface area (Å²) in [5, 5.41) is 8.75. The van der Waals surface area contributed by atoms with E-state index in [1.54, 1.807) is 0 Å². The van der Waals surface area contributed by atoms with Crippen LogP contribution in [-0.2, 0) is 10.8 Å². The standard InChI is InChI=1S/C74H60N2O2/c1-43(2)45-23-29-51(30-24-45)75(65-21-13-19-63-69(65)57-15-9-11-17-61(57)73(63,5)6)53-33-27-47-39-59-55-35-36-56-60-40-48-28-34-54(38-50(48)42-68(60)78-72(56)71(55)77-67(59)41-49(47)37-53)76(52-31-25-46(26-32-52)44(3)4)66-22-14-20-64-70(66)58-16-10-12-18-62(58)74(64,7)8/h9-44H,1-8H3. The zero-order valence-corrected chi connectivity index (χ0v) is 45.5. The lowest BCUT2D eigenvalue weighted by atomic mass is 9.82. The van der Waals surface area contributed by atoms with Crippen molar-refractivity contribution in [2.45, 2.75) is 78.1 Å². The summed E-state index contributed by atoms with van der Waals surface area (Å²) in [5.41, 5.74) is 23.0. The molecule has 0 amide bonds. The van der Waals surface area contributed by atoms with Crippen LogP contribution in [0.15, 0.2) is 215 Å². The molecular weight excluding hydrogens is 949 g/mol. The monoisotopic (exact) mass is 1010 g/mol. The van der Waals surface area contributed by atoms with Crippen LogP contribution >= 0.6 is 0 Å². The summed E-state index contributed by atoms with van der Waals surface area (Å²) in [4.78, 5) is 4.90. The van der Waals surface area contributed by atoms with E-state index in [-0.39, 0.29) is 10.8 Å². The lowest BCUT2D eigenvalue weighted by Gasteiger charge is -2.29. The predicted molar refractivity (Wildman–Crippen MR) is 329 cm³/mol. The summed E-state index contributed by atoms with van der Waals surface area (Å²) >= 11 is 0. The summed E-state index contributed by atoms with van der Waals surface area (Å²) in [7, 11) is 0. The van der Waals surface area contributed by atoms with Crippen molar-refractivity contribution in [2.24, 2.45) is 0 Å². The fourth-order valence-electron chi connectivity index (χ4n) is 13.5. The minimum atomic E-state index is -0.120. The Morgan fingerprint density at radius 3 is 1.13 bits per heavy atom. The number of hydrogen-bond acceptors (Lipinski definition) is 4. The molecule has 0 saturated carbocycles. The number of nitrogens with zero attached hydrogens (tertiary/aromatic N) is 2. The van der Waals surface area contributed by atoms with Gasteiger partial charge in [0.05, 0.1) is 11.4 Å². The summed E-state index contributed by atoms with van der Waals surface area (Å²) in [5.74, 6) is 0.872. The number of benzene rings is 11. The van der Waals surface area contributed by atoms with Gasteiger partial charge < -0.3 is 18.6 Å². The fraction of sp³-hybridized carbons (Fsp3) is 0.162. The molecule has 0 unspecified atom stereocenters. The Kier molecular flexibility index (Phi) is 10.0. The SMILES string of the molecule is CC(C)c1ccc(N(c2ccc3cc4c(cc3c2)oc2c4ccc3c4cc5ccc(N(c6ccc(C(C)C)cc6)c6cccc7c6-c6ccccc6C7(C)C)cc5cc4oc32)c2cccc3c2-c2ccccc2C3(C)C)cc1. The smallest absolute Gasteiger partial charge is 0.178 e. The van der Waals surface area contributed by atoms with E-state index in [9.17, 15) is 0 Å². The Labute approximate surface area is 455 Å². The molecule has 0 atom stereocenters. The van der Waals surface area contributed by atoms with E-state index >= 15 is 0 Å². The largest absolute Gasteiger partial charge is 0.452 e. The molecule has 0 N–H and O–H groups in total. The second-order valence-electron chi connectivity index (χ2n) is 23.7. The van der Waals surface area contributed by atoms with Crippen LogP contribution in [0.1, 0.15) is 101 Å². The molecule has 11 aromatic carbocycles. The molecule has 0 bridgehead atoms. The van der Waals surface area contributed by atoms with Crippen LogP contribution in [-0.4, -0.2) is 0 Å². The molecule has 13 aromatic rings. The lowest BCUT2D eigenvalue weighted by molar-refractivity contribution is 0.634. The van der Waals surface area contributed by atoms with Gasteiger partial charge in [0.1, 0.15) is 11.2 Å². The molecule has 0 radical (unpaired) electrons. The Morgan fingerprint density at radius 2 is 0.718 bits per heavy atom. The van der Waals surface area contributed by atoms with Gasteiger partial charge in [-0.25, -0.2) is 0 Å². The Balaban J connectivity index is 0.852. The number of anilines is 6. The second-order valence-corrected chi connectivity index (χ2v) is 23.7. The highest BCUT2D eigenvalue weighted by Crippen LogP contribution is 2.56. The van der Waals surface area contributed by atoms with Crippen molar-refractivity contribution in [3.05, 3.63) is 240 Å². The van der Waals surface area contributed by atoms with Crippen molar-refractivity contribution in [3.63, 3.8) is 0 Å². The fourth-order valence-corrected chi connectivity index (χ4v) is 13.5. The third-order valence-corrected chi connectivity index (χ3v) is 17.8. The van der Waals surface area contributed by atoms with Gasteiger partial charge in [-0.1, -0.05) is 165 Å². The topological polar surface area (TPSA) is 32.8 Å². The first-order valence-corrected chi connectivity index (χ1v) is 27.8. The molecule has 2 heterocycles. The third-order valence-electron chi connectivity index (χ3n) is 17.8. The maximum absolute atomic E-state index is 6.96.